The molecule has 234 valence electrons. The number of methoxy groups -OCH3 is 1. The first-order valence-corrected chi connectivity index (χ1v) is 15.6. The summed E-state index contributed by atoms with van der Waals surface area (Å²) in [4.78, 5) is 32.0. The first kappa shape index (κ1) is 29.8. The summed E-state index contributed by atoms with van der Waals surface area (Å²) in [5.41, 5.74) is 4.81. The molecule has 0 bridgehead atoms. The predicted octanol–water partition coefficient (Wildman–Crippen LogP) is 6.13. The number of halogens is 2. The molecular weight excluding hydrogens is 612 g/mol. The number of nitrogens with zero attached hydrogens (tertiary/aromatic N) is 4. The third kappa shape index (κ3) is 4.94. The highest BCUT2D eigenvalue weighted by Gasteiger charge is 2.31. The Bertz CT molecular complexity index is 2060. The Morgan fingerprint density at radius 1 is 1.13 bits per heavy atom. The van der Waals surface area contributed by atoms with Gasteiger partial charge in [0.25, 0.3) is 5.91 Å². The van der Waals surface area contributed by atoms with Gasteiger partial charge in [0.05, 0.1) is 36.1 Å². The van der Waals surface area contributed by atoms with Gasteiger partial charge in [-0.15, -0.1) is 11.3 Å². The summed E-state index contributed by atoms with van der Waals surface area (Å²) in [6.45, 7) is 7.18. The van der Waals surface area contributed by atoms with Crippen molar-refractivity contribution in [3.8, 4) is 39.5 Å². The van der Waals surface area contributed by atoms with Crippen LogP contribution in [0.25, 0.3) is 43.9 Å². The van der Waals surface area contributed by atoms with Gasteiger partial charge in [-0.3, -0.25) is 14.3 Å². The minimum absolute atomic E-state index is 0.00865. The quantitative estimate of drug-likeness (QED) is 0.162. The van der Waals surface area contributed by atoms with E-state index >= 15 is 4.39 Å². The van der Waals surface area contributed by atoms with Crippen LogP contribution in [0, 0.1) is 11.6 Å². The van der Waals surface area contributed by atoms with Crippen molar-refractivity contribution in [1.29, 1.82) is 0 Å². The lowest BCUT2D eigenvalue weighted by Gasteiger charge is -2.33. The maximum atomic E-state index is 16.0. The molecule has 0 spiro atoms. The smallest absolute Gasteiger partial charge is 0.251 e. The zero-order valence-corrected chi connectivity index (χ0v) is 25.9. The zero-order valence-electron chi connectivity index (χ0n) is 25.1. The number of pyridine rings is 1. The second-order valence-corrected chi connectivity index (χ2v) is 12.0. The molecular formula is C34H29F2N5O4S. The minimum atomic E-state index is -0.813. The van der Waals surface area contributed by atoms with Gasteiger partial charge in [-0.05, 0) is 42.1 Å². The van der Waals surface area contributed by atoms with Crippen molar-refractivity contribution >= 4 is 33.2 Å². The van der Waals surface area contributed by atoms with E-state index in [1.807, 2.05) is 47.3 Å². The van der Waals surface area contributed by atoms with E-state index in [1.165, 1.54) is 24.5 Å². The molecule has 5 aromatic rings. The molecule has 2 aliphatic rings. The molecule has 2 aromatic carbocycles. The maximum absolute atomic E-state index is 16.0. The number of nitrogens with one attached hydrogen (secondary N) is 1. The van der Waals surface area contributed by atoms with Crippen molar-refractivity contribution in [3.05, 3.63) is 89.0 Å². The summed E-state index contributed by atoms with van der Waals surface area (Å²) in [6.07, 6.45) is 1.29. The SMILES string of the molecule is C=CC(=O)N1CCn2nc(-c3nc(-c4ccc5c(c4)C(=O)NC5)c4ccsc4c3-c3c(F)cc(F)cc3OCCOC)cc2[C@H]1C. The Balaban J connectivity index is 1.49. The number of carbonyl (C=O) groups excluding carboxylic acids is 2. The molecule has 2 amide bonds. The molecule has 0 aliphatic carbocycles. The molecule has 7 rings (SSSR count). The topological polar surface area (TPSA) is 98.6 Å². The van der Waals surface area contributed by atoms with Crippen LogP contribution in [0.3, 0.4) is 0 Å². The number of rotatable bonds is 8. The number of hydrogen-bond donors (Lipinski definition) is 1. The molecule has 0 radical (unpaired) electrons. The standard InChI is InChI=1S/C34H29F2N5O4S/c1-4-28(42)40-8-9-41-26(18(40)2)16-25(39-41)32-30(29-24(36)14-21(35)15-27(29)45-11-10-44-3)33-22(7-12-46-33)31(38-32)19-5-6-20-17-37-34(43)23(20)13-19/h4-7,12-16,18H,1,8-11,17H2,2-3H3,(H,37,43)/t18-/m1/s1. The second-order valence-electron chi connectivity index (χ2n) is 11.1. The number of aromatic nitrogens is 3. The second kappa shape index (κ2) is 11.8. The van der Waals surface area contributed by atoms with Crippen LogP contribution >= 0.6 is 11.3 Å². The van der Waals surface area contributed by atoms with Crippen molar-refractivity contribution in [2.75, 3.05) is 26.9 Å². The molecule has 0 saturated heterocycles. The molecule has 0 fully saturated rings. The highest BCUT2D eigenvalue weighted by molar-refractivity contribution is 7.18. The zero-order chi connectivity index (χ0) is 32.1. The molecule has 9 nitrogen and oxygen atoms in total. The summed E-state index contributed by atoms with van der Waals surface area (Å²) in [7, 11) is 1.51. The fourth-order valence-electron chi connectivity index (χ4n) is 6.20. The first-order valence-electron chi connectivity index (χ1n) is 14.7. The van der Waals surface area contributed by atoms with Gasteiger partial charge < -0.3 is 19.7 Å². The van der Waals surface area contributed by atoms with Gasteiger partial charge in [-0.1, -0.05) is 18.7 Å². The number of carbonyl (C=O) groups is 2. The highest BCUT2D eigenvalue weighted by atomic mass is 32.1. The van der Waals surface area contributed by atoms with Gasteiger partial charge in [0.1, 0.15) is 35.4 Å². The first-order chi connectivity index (χ1) is 22.3. The monoisotopic (exact) mass is 641 g/mol. The predicted molar refractivity (Wildman–Crippen MR) is 170 cm³/mol. The van der Waals surface area contributed by atoms with E-state index in [0.717, 1.165) is 28.8 Å². The van der Waals surface area contributed by atoms with Gasteiger partial charge in [0, 0.05) is 59.1 Å². The molecule has 1 N–H and O–H groups in total. The molecule has 1 atom stereocenters. The third-order valence-electron chi connectivity index (χ3n) is 8.45. The van der Waals surface area contributed by atoms with E-state index < -0.39 is 11.6 Å². The summed E-state index contributed by atoms with van der Waals surface area (Å²) < 4.78 is 44.2. The van der Waals surface area contributed by atoms with Gasteiger partial charge in [-0.2, -0.15) is 5.10 Å². The van der Waals surface area contributed by atoms with E-state index in [4.69, 9.17) is 19.6 Å². The van der Waals surface area contributed by atoms with E-state index in [9.17, 15) is 14.0 Å². The van der Waals surface area contributed by atoms with Crippen LogP contribution in [0.4, 0.5) is 8.78 Å². The van der Waals surface area contributed by atoms with Gasteiger partial charge in [0.2, 0.25) is 5.91 Å². The number of hydrogen-bond acceptors (Lipinski definition) is 7. The Morgan fingerprint density at radius 2 is 1.98 bits per heavy atom. The van der Waals surface area contributed by atoms with Crippen LogP contribution < -0.4 is 10.1 Å². The van der Waals surface area contributed by atoms with Crippen molar-refractivity contribution < 1.29 is 27.8 Å². The summed E-state index contributed by atoms with van der Waals surface area (Å²) in [5.74, 6) is -1.93. The maximum Gasteiger partial charge on any atom is 0.251 e. The molecule has 2 aliphatic heterocycles. The van der Waals surface area contributed by atoms with Crippen molar-refractivity contribution in [1.82, 2.24) is 25.0 Å². The highest BCUT2D eigenvalue weighted by Crippen LogP contribution is 2.47. The Hall–Kier alpha value is -4.94. The number of benzene rings is 2. The van der Waals surface area contributed by atoms with Crippen LogP contribution in [0.15, 0.2) is 60.5 Å². The summed E-state index contributed by atoms with van der Waals surface area (Å²) in [6, 6.07) is 11.1. The summed E-state index contributed by atoms with van der Waals surface area (Å²) >= 11 is 1.39. The number of ether oxygens (including phenoxy) is 2. The molecule has 5 heterocycles. The minimum Gasteiger partial charge on any atom is -0.490 e. The lowest BCUT2D eigenvalue weighted by atomic mass is 9.95. The van der Waals surface area contributed by atoms with Crippen LogP contribution in [-0.4, -0.2) is 58.3 Å². The number of fused-ring (bicyclic) bond motifs is 3. The van der Waals surface area contributed by atoms with Crippen molar-refractivity contribution in [2.24, 2.45) is 0 Å². The van der Waals surface area contributed by atoms with Gasteiger partial charge in [-0.25, -0.2) is 13.8 Å². The van der Waals surface area contributed by atoms with Crippen molar-refractivity contribution in [2.45, 2.75) is 26.1 Å². The van der Waals surface area contributed by atoms with Crippen molar-refractivity contribution in [3.63, 3.8) is 0 Å². The van der Waals surface area contributed by atoms with E-state index in [1.54, 1.807) is 4.90 Å². The fraction of sp³-hybridized carbons (Fsp3) is 0.235. The largest absolute Gasteiger partial charge is 0.490 e. The molecule has 3 aromatic heterocycles. The van der Waals surface area contributed by atoms with E-state index in [-0.39, 0.29) is 42.4 Å². The number of amides is 2. The van der Waals surface area contributed by atoms with E-state index in [0.29, 0.717) is 58.1 Å². The molecule has 12 heteroatoms. The average Bonchev–Trinajstić information content (AvgIpc) is 3.80. The van der Waals surface area contributed by atoms with Crippen LogP contribution in [0.5, 0.6) is 5.75 Å². The fourth-order valence-corrected chi connectivity index (χ4v) is 7.15. The average molecular weight is 642 g/mol. The normalized spacial score (nSPS) is 15.5. The Morgan fingerprint density at radius 3 is 2.78 bits per heavy atom. The summed E-state index contributed by atoms with van der Waals surface area (Å²) in [5, 5.41) is 10.4. The Kier molecular flexibility index (Phi) is 7.61. The van der Waals surface area contributed by atoms with Crippen LogP contribution in [0.1, 0.15) is 34.6 Å². The van der Waals surface area contributed by atoms with Gasteiger partial charge >= 0.3 is 0 Å². The molecule has 46 heavy (non-hydrogen) atoms. The van der Waals surface area contributed by atoms with Crippen LogP contribution in [-0.2, 0) is 22.6 Å². The number of thiophene rings is 1. The molecule has 0 saturated carbocycles. The van der Waals surface area contributed by atoms with E-state index in [2.05, 4.69) is 11.9 Å². The Labute approximate surface area is 267 Å². The van der Waals surface area contributed by atoms with Crippen LogP contribution in [0.2, 0.25) is 0 Å². The lowest BCUT2D eigenvalue weighted by Crippen LogP contribution is -2.40. The molecule has 0 unspecified atom stereocenters. The lowest BCUT2D eigenvalue weighted by molar-refractivity contribution is -0.129. The third-order valence-corrected chi connectivity index (χ3v) is 9.38. The van der Waals surface area contributed by atoms with Gasteiger partial charge in [0.15, 0.2) is 0 Å².